The second-order valence-electron chi connectivity index (χ2n) is 5.74. The Balaban J connectivity index is 2.13. The van der Waals surface area contributed by atoms with E-state index in [9.17, 15) is 9.18 Å². The van der Waals surface area contributed by atoms with Gasteiger partial charge in [-0.05, 0) is 32.9 Å². The maximum Gasteiger partial charge on any atom is 0.239 e. The number of amides is 1. The van der Waals surface area contributed by atoms with Gasteiger partial charge in [-0.15, -0.1) is 0 Å². The highest BCUT2D eigenvalue weighted by atomic mass is 32.1. The molecule has 0 radical (unpaired) electrons. The molecule has 0 unspecified atom stereocenters. The van der Waals surface area contributed by atoms with Crippen molar-refractivity contribution in [3.05, 3.63) is 24.0 Å². The van der Waals surface area contributed by atoms with E-state index >= 15 is 0 Å². The number of halogens is 1. The summed E-state index contributed by atoms with van der Waals surface area (Å²) in [5.41, 5.74) is 0.0908. The highest BCUT2D eigenvalue weighted by Crippen LogP contribution is 2.29. The highest BCUT2D eigenvalue weighted by Gasteiger charge is 2.17. The number of nitrogens with one attached hydrogen (secondary N) is 1. The molecule has 6 heteroatoms. The third-order valence-corrected chi connectivity index (χ3v) is 3.72. The summed E-state index contributed by atoms with van der Waals surface area (Å²) in [5, 5.41) is 3.52. The maximum atomic E-state index is 13.6. The highest BCUT2D eigenvalue weighted by molar-refractivity contribution is 7.22. The zero-order valence-electron chi connectivity index (χ0n) is 12.0. The number of para-hydroxylation sites is 1. The summed E-state index contributed by atoms with van der Waals surface area (Å²) in [6.45, 7) is 5.98. The number of carbonyl (C=O) groups excluding carboxylic acids is 1. The number of hydrogen-bond acceptors (Lipinski definition) is 4. The van der Waals surface area contributed by atoms with Crippen molar-refractivity contribution in [2.75, 3.05) is 18.5 Å². The Bertz CT molecular complexity index is 633. The van der Waals surface area contributed by atoms with E-state index in [4.69, 9.17) is 0 Å². The fourth-order valence-electron chi connectivity index (χ4n) is 1.81. The van der Waals surface area contributed by atoms with E-state index < -0.39 is 0 Å². The van der Waals surface area contributed by atoms with Crippen molar-refractivity contribution in [1.29, 1.82) is 0 Å². The Kier molecular flexibility index (Phi) is 3.94. The number of hydrogen-bond donors (Lipinski definition) is 1. The van der Waals surface area contributed by atoms with Crippen LogP contribution in [-0.4, -0.2) is 30.0 Å². The molecule has 20 heavy (non-hydrogen) atoms. The lowest BCUT2D eigenvalue weighted by molar-refractivity contribution is -0.121. The molecule has 0 saturated heterocycles. The molecule has 1 N–H and O–H groups in total. The molecular formula is C14H18FN3OS. The number of likely N-dealkylation sites (N-methyl/N-ethyl adjacent to an activating group) is 1. The van der Waals surface area contributed by atoms with E-state index in [2.05, 4.69) is 10.3 Å². The molecule has 0 spiro atoms. The van der Waals surface area contributed by atoms with Crippen molar-refractivity contribution < 1.29 is 9.18 Å². The molecule has 0 aliphatic carbocycles. The summed E-state index contributed by atoms with van der Waals surface area (Å²) < 4.78 is 14.4. The third kappa shape index (κ3) is 3.45. The standard InChI is InChI=1S/C14H18FN3OS/c1-14(2,3)17-11(19)8-18(4)13-16-12-9(15)6-5-7-10(12)20-13/h5-7H,8H2,1-4H3,(H,17,19). The second kappa shape index (κ2) is 5.36. The van der Waals surface area contributed by atoms with Crippen LogP contribution in [0.3, 0.4) is 0 Å². The lowest BCUT2D eigenvalue weighted by atomic mass is 10.1. The average molecular weight is 295 g/mol. The van der Waals surface area contributed by atoms with Crippen molar-refractivity contribution in [1.82, 2.24) is 10.3 Å². The Hall–Kier alpha value is -1.69. The Morgan fingerprint density at radius 2 is 2.15 bits per heavy atom. The van der Waals surface area contributed by atoms with Crippen molar-refractivity contribution in [3.8, 4) is 0 Å². The number of fused-ring (bicyclic) bond motifs is 1. The monoisotopic (exact) mass is 295 g/mol. The predicted molar refractivity (Wildman–Crippen MR) is 80.7 cm³/mol. The van der Waals surface area contributed by atoms with E-state index in [1.165, 1.54) is 17.4 Å². The molecule has 108 valence electrons. The van der Waals surface area contributed by atoms with Crippen LogP contribution in [0.25, 0.3) is 10.2 Å². The Labute approximate surface area is 121 Å². The first kappa shape index (κ1) is 14.7. The van der Waals surface area contributed by atoms with Gasteiger partial charge in [-0.25, -0.2) is 9.37 Å². The van der Waals surface area contributed by atoms with Crippen LogP contribution in [0.5, 0.6) is 0 Å². The summed E-state index contributed by atoms with van der Waals surface area (Å²) >= 11 is 1.37. The van der Waals surface area contributed by atoms with E-state index in [0.717, 1.165) is 4.70 Å². The molecule has 0 bridgehead atoms. The van der Waals surface area contributed by atoms with Gasteiger partial charge in [0, 0.05) is 12.6 Å². The van der Waals surface area contributed by atoms with Crippen molar-refractivity contribution in [2.24, 2.45) is 0 Å². The second-order valence-corrected chi connectivity index (χ2v) is 6.75. The number of thiazole rings is 1. The number of anilines is 1. The van der Waals surface area contributed by atoms with Gasteiger partial charge in [0.15, 0.2) is 5.13 Å². The lowest BCUT2D eigenvalue weighted by Gasteiger charge is -2.23. The van der Waals surface area contributed by atoms with Gasteiger partial charge in [-0.1, -0.05) is 17.4 Å². The van der Waals surface area contributed by atoms with Crippen LogP contribution in [0.1, 0.15) is 20.8 Å². The molecule has 1 aromatic carbocycles. The molecule has 1 aromatic heterocycles. The van der Waals surface area contributed by atoms with Gasteiger partial charge in [-0.3, -0.25) is 4.79 Å². The third-order valence-electron chi connectivity index (χ3n) is 2.58. The quantitative estimate of drug-likeness (QED) is 0.947. The van der Waals surface area contributed by atoms with E-state index in [1.807, 2.05) is 26.8 Å². The molecule has 0 aliphatic rings. The first-order valence-corrected chi connectivity index (χ1v) is 7.15. The average Bonchev–Trinajstić information content (AvgIpc) is 2.71. The molecule has 1 amide bonds. The molecule has 2 aromatic rings. The van der Waals surface area contributed by atoms with E-state index in [-0.39, 0.29) is 23.8 Å². The molecule has 2 rings (SSSR count). The van der Waals surface area contributed by atoms with E-state index in [1.54, 1.807) is 18.0 Å². The predicted octanol–water partition coefficient (Wildman–Crippen LogP) is 2.79. The van der Waals surface area contributed by atoms with Crippen LogP contribution in [-0.2, 0) is 4.79 Å². The molecule has 0 aliphatic heterocycles. The minimum Gasteiger partial charge on any atom is -0.350 e. The molecule has 4 nitrogen and oxygen atoms in total. The van der Waals surface area contributed by atoms with Gasteiger partial charge in [0.05, 0.1) is 11.2 Å². The molecule has 1 heterocycles. The van der Waals surface area contributed by atoms with Gasteiger partial charge in [0.1, 0.15) is 11.3 Å². The summed E-state index contributed by atoms with van der Waals surface area (Å²) in [6, 6.07) is 4.87. The van der Waals surface area contributed by atoms with Gasteiger partial charge in [0.25, 0.3) is 0 Å². The number of aromatic nitrogens is 1. The summed E-state index contributed by atoms with van der Waals surface area (Å²) in [7, 11) is 1.78. The molecular weight excluding hydrogens is 277 g/mol. The zero-order valence-corrected chi connectivity index (χ0v) is 12.8. The van der Waals surface area contributed by atoms with Crippen LogP contribution in [0.15, 0.2) is 18.2 Å². The number of carbonyl (C=O) groups is 1. The van der Waals surface area contributed by atoms with Crippen molar-refractivity contribution >= 4 is 32.6 Å². The SMILES string of the molecule is CN(CC(=O)NC(C)(C)C)c1nc2c(F)cccc2s1. The van der Waals surface area contributed by atoms with Gasteiger partial charge < -0.3 is 10.2 Å². The first-order chi connectivity index (χ1) is 9.26. The maximum absolute atomic E-state index is 13.6. The summed E-state index contributed by atoms with van der Waals surface area (Å²) in [4.78, 5) is 17.9. The summed E-state index contributed by atoms with van der Waals surface area (Å²) in [5.74, 6) is -0.419. The lowest BCUT2D eigenvalue weighted by Crippen LogP contribution is -2.45. The van der Waals surface area contributed by atoms with Crippen molar-refractivity contribution in [3.63, 3.8) is 0 Å². The fraction of sp³-hybridized carbons (Fsp3) is 0.429. The molecule has 0 saturated carbocycles. The molecule has 0 atom stereocenters. The van der Waals surface area contributed by atoms with Crippen LogP contribution >= 0.6 is 11.3 Å². The topological polar surface area (TPSA) is 45.2 Å². The van der Waals surface area contributed by atoms with Gasteiger partial charge in [0.2, 0.25) is 5.91 Å². The number of rotatable bonds is 3. The fourth-order valence-corrected chi connectivity index (χ4v) is 2.75. The summed E-state index contributed by atoms with van der Waals surface area (Å²) in [6.07, 6.45) is 0. The van der Waals surface area contributed by atoms with Crippen LogP contribution in [0.2, 0.25) is 0 Å². The normalized spacial score (nSPS) is 11.7. The largest absolute Gasteiger partial charge is 0.350 e. The van der Waals surface area contributed by atoms with Crippen molar-refractivity contribution in [2.45, 2.75) is 26.3 Å². The van der Waals surface area contributed by atoms with E-state index in [0.29, 0.717) is 10.6 Å². The number of benzene rings is 1. The zero-order chi connectivity index (χ0) is 14.9. The van der Waals surface area contributed by atoms with Crippen LogP contribution in [0, 0.1) is 5.82 Å². The minimum absolute atomic E-state index is 0.0836. The minimum atomic E-state index is -0.336. The molecule has 0 fully saturated rings. The smallest absolute Gasteiger partial charge is 0.239 e. The number of nitrogens with zero attached hydrogens (tertiary/aromatic N) is 2. The van der Waals surface area contributed by atoms with Crippen LogP contribution in [0.4, 0.5) is 9.52 Å². The first-order valence-electron chi connectivity index (χ1n) is 6.33. The Morgan fingerprint density at radius 3 is 2.75 bits per heavy atom. The Morgan fingerprint density at radius 1 is 1.45 bits per heavy atom. The van der Waals surface area contributed by atoms with Crippen LogP contribution < -0.4 is 10.2 Å². The van der Waals surface area contributed by atoms with Gasteiger partial charge >= 0.3 is 0 Å². The van der Waals surface area contributed by atoms with Gasteiger partial charge in [-0.2, -0.15) is 0 Å².